The summed E-state index contributed by atoms with van der Waals surface area (Å²) in [6.45, 7) is 17.9. The van der Waals surface area contributed by atoms with E-state index in [9.17, 15) is 0 Å². The maximum absolute atomic E-state index is 6.29. The lowest BCUT2D eigenvalue weighted by atomic mass is 9.91. The maximum Gasteiger partial charge on any atom is 0.350 e. The smallest absolute Gasteiger partial charge is 0.318 e. The van der Waals surface area contributed by atoms with Crippen molar-refractivity contribution < 1.29 is 9.47 Å². The largest absolute Gasteiger partial charge is 0.350 e. The Morgan fingerprint density at radius 1 is 0.545 bits per heavy atom. The van der Waals surface area contributed by atoms with Crippen molar-refractivity contribution in [1.82, 2.24) is 0 Å². The minimum absolute atomic E-state index is 0.363. The number of para-hydroxylation sites is 2. The molecule has 0 aromatic heterocycles. The highest BCUT2D eigenvalue weighted by atomic mass is 16.7. The zero-order chi connectivity index (χ0) is 24.5. The van der Waals surface area contributed by atoms with Crippen LogP contribution in [0.4, 0.5) is 11.4 Å². The Labute approximate surface area is 201 Å². The fourth-order valence-corrected chi connectivity index (χ4v) is 4.93. The minimum Gasteiger partial charge on any atom is -0.318 e. The Kier molecular flexibility index (Phi) is 7.60. The van der Waals surface area contributed by atoms with Crippen LogP contribution in [0.5, 0.6) is 0 Å². The molecule has 180 valence electrons. The van der Waals surface area contributed by atoms with Crippen molar-refractivity contribution in [3.63, 3.8) is 0 Å². The second-order valence-electron chi connectivity index (χ2n) is 10.2. The van der Waals surface area contributed by atoms with Crippen LogP contribution in [0.1, 0.15) is 101 Å². The van der Waals surface area contributed by atoms with Crippen LogP contribution in [0.15, 0.2) is 48.8 Å². The van der Waals surface area contributed by atoms with Crippen molar-refractivity contribution in [2.75, 3.05) is 24.0 Å². The molecule has 0 radical (unpaired) electrons. The van der Waals surface area contributed by atoms with Gasteiger partial charge in [-0.25, -0.2) is 0 Å². The van der Waals surface area contributed by atoms with E-state index >= 15 is 0 Å². The Balaban J connectivity index is 2.30. The lowest BCUT2D eigenvalue weighted by Crippen LogP contribution is -2.58. The molecule has 0 spiro atoms. The van der Waals surface area contributed by atoms with Gasteiger partial charge in [0.15, 0.2) is 0 Å². The number of hydrogen-bond acceptors (Lipinski definition) is 4. The maximum atomic E-state index is 6.29. The molecule has 3 rings (SSSR count). The molecule has 0 bridgehead atoms. The summed E-state index contributed by atoms with van der Waals surface area (Å²) in [5.41, 5.74) is 7.47. The van der Waals surface area contributed by atoms with E-state index in [-0.39, 0.29) is 0 Å². The summed E-state index contributed by atoms with van der Waals surface area (Å²) in [4.78, 5) is 4.36. The first-order chi connectivity index (χ1) is 15.6. The summed E-state index contributed by atoms with van der Waals surface area (Å²) in [5, 5.41) is 0. The minimum atomic E-state index is -1.12. The third-order valence-electron chi connectivity index (χ3n) is 6.67. The standard InChI is InChI=1S/C29H42N2O2/c1-19(2)23-13-11-14-24(20(3)4)27(23)30-17-18-31(29(30,32-9)33-10)28-25(21(5)6)15-12-16-26(28)22(7)8/h11-22H,1-10H3. The van der Waals surface area contributed by atoms with Gasteiger partial charge in [-0.2, -0.15) is 0 Å². The molecule has 0 saturated heterocycles. The van der Waals surface area contributed by atoms with Crippen LogP contribution in [0.3, 0.4) is 0 Å². The number of benzene rings is 2. The van der Waals surface area contributed by atoms with Crippen LogP contribution in [-0.2, 0) is 9.47 Å². The molecule has 2 aromatic rings. The second-order valence-corrected chi connectivity index (χ2v) is 10.2. The average molecular weight is 451 g/mol. The summed E-state index contributed by atoms with van der Waals surface area (Å²) >= 11 is 0. The van der Waals surface area contributed by atoms with Gasteiger partial charge in [0, 0.05) is 26.6 Å². The van der Waals surface area contributed by atoms with Crippen molar-refractivity contribution >= 4 is 11.4 Å². The number of anilines is 2. The number of ether oxygens (including phenoxy) is 2. The Bertz CT molecular complexity index is 859. The summed E-state index contributed by atoms with van der Waals surface area (Å²) in [5.74, 6) is 1.45. The predicted molar refractivity (Wildman–Crippen MR) is 140 cm³/mol. The van der Waals surface area contributed by atoms with E-state index in [1.165, 1.54) is 22.3 Å². The summed E-state index contributed by atoms with van der Waals surface area (Å²) in [6, 6.07) is 12.1. The van der Waals surface area contributed by atoms with Crippen LogP contribution in [0, 0.1) is 0 Å². The number of methoxy groups -OCH3 is 2. The highest BCUT2D eigenvalue weighted by Gasteiger charge is 2.49. The van der Waals surface area contributed by atoms with E-state index in [0.29, 0.717) is 23.7 Å². The number of nitrogens with zero attached hydrogens (tertiary/aromatic N) is 2. The summed E-state index contributed by atoms with van der Waals surface area (Å²) in [7, 11) is 3.47. The van der Waals surface area contributed by atoms with Gasteiger partial charge in [-0.15, -0.1) is 0 Å². The van der Waals surface area contributed by atoms with Crippen molar-refractivity contribution in [3.8, 4) is 0 Å². The van der Waals surface area contributed by atoms with Gasteiger partial charge < -0.3 is 9.47 Å². The molecule has 0 amide bonds. The van der Waals surface area contributed by atoms with Gasteiger partial charge in [0.1, 0.15) is 0 Å². The van der Waals surface area contributed by atoms with Crippen molar-refractivity contribution in [2.24, 2.45) is 0 Å². The number of rotatable bonds is 8. The molecule has 0 N–H and O–H groups in total. The molecule has 4 heteroatoms. The fourth-order valence-electron chi connectivity index (χ4n) is 4.93. The van der Waals surface area contributed by atoms with Crippen LogP contribution in [0.2, 0.25) is 0 Å². The molecule has 33 heavy (non-hydrogen) atoms. The van der Waals surface area contributed by atoms with Gasteiger partial charge in [0.05, 0.1) is 11.4 Å². The topological polar surface area (TPSA) is 24.9 Å². The SMILES string of the molecule is COC1(OC)N(c2c(C(C)C)cccc2C(C)C)C=CN1c1c(C(C)C)cccc1C(C)C. The van der Waals surface area contributed by atoms with Crippen LogP contribution in [-0.4, -0.2) is 20.3 Å². The van der Waals surface area contributed by atoms with Gasteiger partial charge in [-0.3, -0.25) is 9.80 Å². The monoisotopic (exact) mass is 450 g/mol. The number of hydrogen-bond donors (Lipinski definition) is 0. The molecule has 1 aliphatic rings. The lowest BCUT2D eigenvalue weighted by molar-refractivity contribution is -0.192. The first-order valence-corrected chi connectivity index (χ1v) is 12.2. The van der Waals surface area contributed by atoms with Crippen molar-refractivity contribution in [2.45, 2.75) is 85.1 Å². The third-order valence-corrected chi connectivity index (χ3v) is 6.67. The van der Waals surface area contributed by atoms with E-state index in [4.69, 9.17) is 9.47 Å². The first-order valence-electron chi connectivity index (χ1n) is 12.2. The quantitative estimate of drug-likeness (QED) is 0.382. The normalized spacial score (nSPS) is 15.7. The van der Waals surface area contributed by atoms with E-state index in [2.05, 4.69) is 114 Å². The van der Waals surface area contributed by atoms with Gasteiger partial charge in [0.25, 0.3) is 0 Å². The second kappa shape index (κ2) is 9.90. The first kappa shape index (κ1) is 25.3. The van der Waals surface area contributed by atoms with E-state index < -0.39 is 6.03 Å². The Morgan fingerprint density at radius 2 is 0.818 bits per heavy atom. The van der Waals surface area contributed by atoms with E-state index in [1.54, 1.807) is 14.2 Å². The van der Waals surface area contributed by atoms with Gasteiger partial charge in [-0.1, -0.05) is 91.8 Å². The Hall–Kier alpha value is -2.30. The zero-order valence-corrected chi connectivity index (χ0v) is 22.1. The molecule has 1 heterocycles. The molecule has 0 unspecified atom stereocenters. The summed E-state index contributed by atoms with van der Waals surface area (Å²) < 4.78 is 12.6. The van der Waals surface area contributed by atoms with Gasteiger partial charge >= 0.3 is 6.03 Å². The molecular formula is C29H42N2O2. The summed E-state index contributed by atoms with van der Waals surface area (Å²) in [6.07, 6.45) is 4.22. The van der Waals surface area contributed by atoms with Crippen LogP contribution >= 0.6 is 0 Å². The molecule has 4 nitrogen and oxygen atoms in total. The van der Waals surface area contributed by atoms with Gasteiger partial charge in [-0.05, 0) is 45.9 Å². The molecule has 0 fully saturated rings. The van der Waals surface area contributed by atoms with E-state index in [1.807, 2.05) is 0 Å². The molecule has 0 aliphatic carbocycles. The Morgan fingerprint density at radius 3 is 1.03 bits per heavy atom. The molecule has 1 aliphatic heterocycles. The van der Waals surface area contributed by atoms with Crippen molar-refractivity contribution in [3.05, 3.63) is 71.1 Å². The van der Waals surface area contributed by atoms with E-state index in [0.717, 1.165) is 11.4 Å². The highest BCUT2D eigenvalue weighted by molar-refractivity contribution is 5.72. The highest BCUT2D eigenvalue weighted by Crippen LogP contribution is 2.47. The lowest BCUT2D eigenvalue weighted by Gasteiger charge is -2.45. The van der Waals surface area contributed by atoms with Crippen LogP contribution < -0.4 is 9.80 Å². The molecule has 0 saturated carbocycles. The zero-order valence-electron chi connectivity index (χ0n) is 22.1. The van der Waals surface area contributed by atoms with Crippen LogP contribution in [0.25, 0.3) is 0 Å². The predicted octanol–water partition coefficient (Wildman–Crippen LogP) is 7.88. The molecule has 2 aromatic carbocycles. The fraction of sp³-hybridized carbons (Fsp3) is 0.517. The average Bonchev–Trinajstić information content (AvgIpc) is 3.16. The molecule has 0 atom stereocenters. The molecular weight excluding hydrogens is 408 g/mol. The van der Waals surface area contributed by atoms with Crippen molar-refractivity contribution in [1.29, 1.82) is 0 Å². The van der Waals surface area contributed by atoms with Gasteiger partial charge in [0.2, 0.25) is 0 Å². The third kappa shape index (κ3) is 4.31.